The number of ether oxygens (including phenoxy) is 1. The number of aliphatic hydroxyl groups excluding tert-OH is 2. The fourth-order valence-corrected chi connectivity index (χ4v) is 4.57. The first-order valence-corrected chi connectivity index (χ1v) is 10.8. The molecule has 184 valence electrons. The van der Waals surface area contributed by atoms with Crippen LogP contribution < -0.4 is 20.3 Å². The van der Waals surface area contributed by atoms with Crippen LogP contribution in [0.15, 0.2) is 30.3 Å². The second kappa shape index (κ2) is 9.30. The number of hydrogen-bond donors (Lipinski definition) is 4. The molecule has 0 radical (unpaired) electrons. The Balaban J connectivity index is 1.61. The van der Waals surface area contributed by atoms with Crippen LogP contribution in [0.1, 0.15) is 41.7 Å². The molecule has 4 rings (SSSR count). The van der Waals surface area contributed by atoms with Crippen molar-refractivity contribution >= 4 is 17.4 Å². The van der Waals surface area contributed by atoms with E-state index in [9.17, 15) is 32.6 Å². The molecular weight excluding hydrogens is 458 g/mol. The third-order valence-corrected chi connectivity index (χ3v) is 6.23. The molecule has 1 fully saturated rings. The lowest BCUT2D eigenvalue weighted by Crippen LogP contribution is -2.40. The van der Waals surface area contributed by atoms with Crippen LogP contribution >= 0.6 is 0 Å². The Labute approximate surface area is 193 Å². The lowest BCUT2D eigenvalue weighted by atomic mass is 10.0. The van der Waals surface area contributed by atoms with E-state index < -0.39 is 41.8 Å². The predicted octanol–water partition coefficient (Wildman–Crippen LogP) is 3.81. The van der Waals surface area contributed by atoms with Crippen molar-refractivity contribution < 1.29 is 37.3 Å². The molecule has 0 aromatic heterocycles. The number of urea groups is 1. The van der Waals surface area contributed by atoms with Crippen LogP contribution in [-0.4, -0.2) is 48.7 Å². The molecule has 7 nitrogen and oxygen atoms in total. The number of rotatable bonds is 5. The van der Waals surface area contributed by atoms with Gasteiger partial charge >= 0.3 is 12.2 Å². The van der Waals surface area contributed by atoms with Gasteiger partial charge in [0.05, 0.1) is 24.9 Å². The number of halogens is 4. The predicted molar refractivity (Wildman–Crippen MR) is 116 cm³/mol. The van der Waals surface area contributed by atoms with E-state index in [1.807, 2.05) is 4.90 Å². The van der Waals surface area contributed by atoms with Crippen molar-refractivity contribution in [2.24, 2.45) is 0 Å². The number of hydrogen-bond acceptors (Lipinski definition) is 5. The Morgan fingerprint density at radius 2 is 1.94 bits per heavy atom. The number of anilines is 2. The van der Waals surface area contributed by atoms with Gasteiger partial charge in [0, 0.05) is 24.3 Å². The van der Waals surface area contributed by atoms with Crippen molar-refractivity contribution in [1.29, 1.82) is 0 Å². The van der Waals surface area contributed by atoms with E-state index in [-0.39, 0.29) is 17.9 Å². The van der Waals surface area contributed by atoms with Crippen LogP contribution in [-0.2, 0) is 6.42 Å². The molecular formula is C23H25F4N3O4. The average Bonchev–Trinajstić information content (AvgIpc) is 3.42. The number of amides is 2. The maximum absolute atomic E-state index is 14.1. The average molecular weight is 483 g/mol. The molecule has 2 aliphatic rings. The number of methoxy groups -OCH3 is 1. The fourth-order valence-electron chi connectivity index (χ4n) is 4.57. The molecule has 11 heteroatoms. The number of benzene rings is 2. The fraction of sp³-hybridized carbons (Fsp3) is 0.435. The number of aliphatic hydroxyl groups is 2. The minimum atomic E-state index is -4.94. The van der Waals surface area contributed by atoms with E-state index in [0.717, 1.165) is 20.0 Å². The van der Waals surface area contributed by atoms with Gasteiger partial charge in [-0.15, -0.1) is 0 Å². The maximum Gasteiger partial charge on any atom is 0.418 e. The standard InChI is InChI=1S/C23H25F4N3O4/c1-34-20-15(21(32)23(25,26)27)9-12(30-7-2-3-8-30)10-18(20)29-22(33)28-17-11-14-13(19(17)31)5-4-6-16(14)24/h4-6,9-10,17,19,21,31-32H,2-3,7-8,11H2,1H3,(H2,28,29,33)/t17-,19-,21?/m1/s1. The molecule has 1 unspecified atom stereocenters. The molecule has 1 aliphatic carbocycles. The van der Waals surface area contributed by atoms with Crippen LogP contribution in [0, 0.1) is 5.82 Å². The number of nitrogens with zero attached hydrogens (tertiary/aromatic N) is 1. The SMILES string of the molecule is COc1c(NC(=O)N[C@@H]2Cc3c(F)cccc3[C@H]2O)cc(N2CCCC2)cc1C(O)C(F)(F)F. The molecule has 2 aromatic rings. The first-order chi connectivity index (χ1) is 16.1. The van der Waals surface area contributed by atoms with Crippen LogP contribution in [0.25, 0.3) is 0 Å². The number of carbonyl (C=O) groups is 1. The topological polar surface area (TPSA) is 94.1 Å². The minimum absolute atomic E-state index is 0.0551. The third-order valence-electron chi connectivity index (χ3n) is 6.23. The highest BCUT2D eigenvalue weighted by molar-refractivity contribution is 5.92. The number of fused-ring (bicyclic) bond motifs is 1. The summed E-state index contributed by atoms with van der Waals surface area (Å²) in [5.74, 6) is -0.823. The van der Waals surface area contributed by atoms with E-state index in [2.05, 4.69) is 10.6 Å². The molecule has 4 N–H and O–H groups in total. The quantitative estimate of drug-likeness (QED) is 0.486. The van der Waals surface area contributed by atoms with Gasteiger partial charge in [-0.25, -0.2) is 9.18 Å². The van der Waals surface area contributed by atoms with Gasteiger partial charge in [-0.3, -0.25) is 0 Å². The maximum atomic E-state index is 14.1. The Bertz CT molecular complexity index is 1070. The van der Waals surface area contributed by atoms with Crippen LogP contribution in [0.3, 0.4) is 0 Å². The van der Waals surface area contributed by atoms with Crippen molar-refractivity contribution in [1.82, 2.24) is 5.32 Å². The van der Waals surface area contributed by atoms with E-state index in [1.54, 1.807) is 6.07 Å². The van der Waals surface area contributed by atoms with Crippen LogP contribution in [0.2, 0.25) is 0 Å². The highest BCUT2D eigenvalue weighted by Gasteiger charge is 2.42. The zero-order valence-corrected chi connectivity index (χ0v) is 18.3. The molecule has 1 aliphatic heterocycles. The number of alkyl halides is 3. The summed E-state index contributed by atoms with van der Waals surface area (Å²) in [6.07, 6.45) is -7.12. The van der Waals surface area contributed by atoms with Crippen molar-refractivity contribution in [2.45, 2.75) is 43.7 Å². The Morgan fingerprint density at radius 3 is 2.56 bits per heavy atom. The number of carbonyl (C=O) groups excluding carboxylic acids is 1. The van der Waals surface area contributed by atoms with Gasteiger partial charge in [-0.1, -0.05) is 12.1 Å². The van der Waals surface area contributed by atoms with E-state index in [1.165, 1.54) is 24.3 Å². The Kier molecular flexibility index (Phi) is 6.59. The zero-order chi connectivity index (χ0) is 24.6. The summed E-state index contributed by atoms with van der Waals surface area (Å²) in [4.78, 5) is 14.6. The van der Waals surface area contributed by atoms with Crippen molar-refractivity contribution in [2.75, 3.05) is 30.4 Å². The van der Waals surface area contributed by atoms with Gasteiger partial charge < -0.3 is 30.5 Å². The molecule has 34 heavy (non-hydrogen) atoms. The van der Waals surface area contributed by atoms with Gasteiger partial charge in [0.15, 0.2) is 6.10 Å². The highest BCUT2D eigenvalue weighted by atomic mass is 19.4. The summed E-state index contributed by atoms with van der Waals surface area (Å²) in [5.41, 5.74) is 0.477. The molecule has 1 heterocycles. The summed E-state index contributed by atoms with van der Waals surface area (Å²) in [7, 11) is 1.14. The smallest absolute Gasteiger partial charge is 0.418 e. The van der Waals surface area contributed by atoms with E-state index in [4.69, 9.17) is 4.74 Å². The van der Waals surface area contributed by atoms with Crippen molar-refractivity contribution in [3.05, 3.63) is 52.8 Å². The summed E-state index contributed by atoms with van der Waals surface area (Å²) in [6.45, 7) is 1.25. The summed E-state index contributed by atoms with van der Waals surface area (Å²) >= 11 is 0. The summed E-state index contributed by atoms with van der Waals surface area (Å²) in [5, 5.41) is 25.5. The van der Waals surface area contributed by atoms with Crippen molar-refractivity contribution in [3.63, 3.8) is 0 Å². The van der Waals surface area contributed by atoms with Gasteiger partial charge in [0.2, 0.25) is 0 Å². The number of nitrogens with one attached hydrogen (secondary N) is 2. The molecule has 0 saturated carbocycles. The molecule has 3 atom stereocenters. The second-order valence-corrected chi connectivity index (χ2v) is 8.42. The second-order valence-electron chi connectivity index (χ2n) is 8.42. The summed E-state index contributed by atoms with van der Waals surface area (Å²) < 4.78 is 59.3. The largest absolute Gasteiger partial charge is 0.494 e. The minimum Gasteiger partial charge on any atom is -0.494 e. The zero-order valence-electron chi connectivity index (χ0n) is 18.3. The molecule has 1 saturated heterocycles. The third kappa shape index (κ3) is 4.62. The van der Waals surface area contributed by atoms with E-state index >= 15 is 0 Å². The lowest BCUT2D eigenvalue weighted by Gasteiger charge is -2.25. The molecule has 2 amide bonds. The highest BCUT2D eigenvalue weighted by Crippen LogP contribution is 2.43. The Morgan fingerprint density at radius 1 is 1.24 bits per heavy atom. The first-order valence-electron chi connectivity index (χ1n) is 10.8. The Hall–Kier alpha value is -3.05. The molecule has 0 bridgehead atoms. The summed E-state index contributed by atoms with van der Waals surface area (Å²) in [6, 6.07) is 5.33. The van der Waals surface area contributed by atoms with Gasteiger partial charge in [-0.2, -0.15) is 13.2 Å². The van der Waals surface area contributed by atoms with Gasteiger partial charge in [0.1, 0.15) is 11.6 Å². The lowest BCUT2D eigenvalue weighted by molar-refractivity contribution is -0.207. The van der Waals surface area contributed by atoms with Crippen LogP contribution in [0.4, 0.5) is 33.7 Å². The molecule has 0 spiro atoms. The molecule has 2 aromatic carbocycles. The van der Waals surface area contributed by atoms with Crippen LogP contribution in [0.5, 0.6) is 5.75 Å². The van der Waals surface area contributed by atoms with Crippen molar-refractivity contribution in [3.8, 4) is 5.75 Å². The monoisotopic (exact) mass is 483 g/mol. The van der Waals surface area contributed by atoms with E-state index in [0.29, 0.717) is 29.9 Å². The van der Waals surface area contributed by atoms with Gasteiger partial charge in [-0.05, 0) is 48.6 Å². The van der Waals surface area contributed by atoms with Gasteiger partial charge in [0.25, 0.3) is 0 Å². The first kappa shape index (κ1) is 24.1. The normalized spacial score (nSPS) is 20.7.